The fourth-order valence-electron chi connectivity index (χ4n) is 1.23. The molecule has 2 N–H and O–H groups in total. The zero-order chi connectivity index (χ0) is 13.8. The molecule has 0 aromatic heterocycles. The van der Waals surface area contributed by atoms with Crippen molar-refractivity contribution in [3.05, 3.63) is 23.8 Å². The van der Waals surface area contributed by atoms with Gasteiger partial charge in [-0.25, -0.2) is 0 Å². The summed E-state index contributed by atoms with van der Waals surface area (Å²) in [5, 5.41) is 0. The molecule has 0 atom stereocenters. The summed E-state index contributed by atoms with van der Waals surface area (Å²) in [5.74, 6) is -0.714. The molecular formula is C11H12F3NO2S. The number of ether oxygens (including phenoxy) is 1. The van der Waals surface area contributed by atoms with Crippen molar-refractivity contribution in [2.75, 3.05) is 18.1 Å². The fraction of sp³-hybridized carbons (Fsp3) is 0.364. The number of benzene rings is 1. The molecule has 18 heavy (non-hydrogen) atoms. The molecule has 0 radical (unpaired) electrons. The topological polar surface area (TPSA) is 52.3 Å². The fourth-order valence-corrected chi connectivity index (χ4v) is 2.09. The molecule has 1 rings (SSSR count). The van der Waals surface area contributed by atoms with Gasteiger partial charge in [0.2, 0.25) is 0 Å². The van der Waals surface area contributed by atoms with Crippen LogP contribution < -0.4 is 5.73 Å². The number of thioether (sulfide) groups is 1. The molecule has 0 bridgehead atoms. The molecule has 7 heteroatoms. The Labute approximate surface area is 106 Å². The van der Waals surface area contributed by atoms with Gasteiger partial charge in [0, 0.05) is 10.6 Å². The second kappa shape index (κ2) is 5.99. The lowest BCUT2D eigenvalue weighted by molar-refractivity contribution is -0.141. The quantitative estimate of drug-likeness (QED) is 0.523. The molecule has 0 aliphatic heterocycles. The van der Waals surface area contributed by atoms with Crippen molar-refractivity contribution in [2.45, 2.75) is 18.0 Å². The summed E-state index contributed by atoms with van der Waals surface area (Å²) < 4.78 is 42.8. The minimum atomic E-state index is -4.49. The largest absolute Gasteiger partial charge is 0.465 e. The highest BCUT2D eigenvalue weighted by Crippen LogP contribution is 2.37. The van der Waals surface area contributed by atoms with E-state index in [0.717, 1.165) is 17.8 Å². The van der Waals surface area contributed by atoms with Crippen molar-refractivity contribution in [1.29, 1.82) is 0 Å². The Balaban J connectivity index is 2.85. The average Bonchev–Trinajstić information content (AvgIpc) is 2.26. The number of carbonyl (C=O) groups excluding carboxylic acids is 1. The third kappa shape index (κ3) is 4.14. The number of anilines is 1. The third-order valence-electron chi connectivity index (χ3n) is 1.96. The smallest absolute Gasteiger partial charge is 0.417 e. The predicted octanol–water partition coefficient (Wildman–Crippen LogP) is 2.94. The number of carbonyl (C=O) groups is 1. The number of halogens is 3. The van der Waals surface area contributed by atoms with Crippen molar-refractivity contribution in [2.24, 2.45) is 0 Å². The van der Waals surface area contributed by atoms with Crippen molar-refractivity contribution >= 4 is 23.4 Å². The Morgan fingerprint density at radius 3 is 2.67 bits per heavy atom. The summed E-state index contributed by atoms with van der Waals surface area (Å²) in [7, 11) is 0. The number of alkyl halides is 3. The van der Waals surface area contributed by atoms with Gasteiger partial charge in [0.1, 0.15) is 0 Å². The Kier molecular flexibility index (Phi) is 4.89. The van der Waals surface area contributed by atoms with Crippen LogP contribution in [-0.2, 0) is 15.7 Å². The van der Waals surface area contributed by atoms with Crippen LogP contribution in [0.25, 0.3) is 0 Å². The SMILES string of the molecule is CCOC(=O)CSc1ccc(N)cc1C(F)(F)F. The molecule has 0 amide bonds. The summed E-state index contributed by atoms with van der Waals surface area (Å²) in [6.45, 7) is 1.83. The molecule has 1 aromatic rings. The summed E-state index contributed by atoms with van der Waals surface area (Å²) in [6.07, 6.45) is -4.49. The predicted molar refractivity (Wildman–Crippen MR) is 63.2 cm³/mol. The lowest BCUT2D eigenvalue weighted by Gasteiger charge is -2.12. The molecule has 0 saturated carbocycles. The van der Waals surface area contributed by atoms with Gasteiger partial charge in [-0.1, -0.05) is 0 Å². The van der Waals surface area contributed by atoms with Gasteiger partial charge in [-0.3, -0.25) is 4.79 Å². The number of hydrogen-bond donors (Lipinski definition) is 1. The van der Waals surface area contributed by atoms with E-state index in [1.54, 1.807) is 6.92 Å². The minimum absolute atomic E-state index is 0.0304. The zero-order valence-corrected chi connectivity index (χ0v) is 10.4. The molecule has 0 aliphatic carbocycles. The number of nitrogen functional groups attached to an aromatic ring is 1. The van der Waals surface area contributed by atoms with E-state index in [1.165, 1.54) is 12.1 Å². The molecule has 0 fully saturated rings. The highest BCUT2D eigenvalue weighted by atomic mass is 32.2. The molecule has 0 saturated heterocycles. The van der Waals surface area contributed by atoms with Gasteiger partial charge in [-0.2, -0.15) is 13.2 Å². The summed E-state index contributed by atoms with van der Waals surface area (Å²) in [4.78, 5) is 11.1. The first-order valence-electron chi connectivity index (χ1n) is 5.09. The van der Waals surface area contributed by atoms with E-state index < -0.39 is 17.7 Å². The Hall–Kier alpha value is -1.37. The van der Waals surface area contributed by atoms with Crippen LogP contribution in [0.15, 0.2) is 23.1 Å². The van der Waals surface area contributed by atoms with E-state index in [1.807, 2.05) is 0 Å². The van der Waals surface area contributed by atoms with Crippen molar-refractivity contribution in [3.8, 4) is 0 Å². The van der Waals surface area contributed by atoms with Crippen LogP contribution in [0.2, 0.25) is 0 Å². The third-order valence-corrected chi connectivity index (χ3v) is 3.01. The van der Waals surface area contributed by atoms with Crippen molar-refractivity contribution in [3.63, 3.8) is 0 Å². The van der Waals surface area contributed by atoms with Gasteiger partial charge in [0.05, 0.1) is 17.9 Å². The maximum atomic E-state index is 12.7. The Morgan fingerprint density at radius 1 is 1.44 bits per heavy atom. The van der Waals surface area contributed by atoms with E-state index in [0.29, 0.717) is 0 Å². The molecule has 0 spiro atoms. The summed E-state index contributed by atoms with van der Waals surface area (Å²) in [5.41, 5.74) is 4.52. The lowest BCUT2D eigenvalue weighted by Crippen LogP contribution is -2.10. The number of rotatable bonds is 4. The highest BCUT2D eigenvalue weighted by molar-refractivity contribution is 8.00. The maximum absolute atomic E-state index is 12.7. The standard InChI is InChI=1S/C11H12F3NO2S/c1-2-17-10(16)6-18-9-4-3-7(15)5-8(9)11(12,13)14/h3-5H,2,6,15H2,1H3. The first-order chi connectivity index (χ1) is 8.34. The van der Waals surface area contributed by atoms with E-state index in [9.17, 15) is 18.0 Å². The van der Waals surface area contributed by atoms with Crippen molar-refractivity contribution < 1.29 is 22.7 Å². The van der Waals surface area contributed by atoms with Gasteiger partial charge in [0.15, 0.2) is 0 Å². The number of nitrogens with two attached hydrogens (primary N) is 1. The lowest BCUT2D eigenvalue weighted by atomic mass is 10.2. The first kappa shape index (κ1) is 14.7. The molecular weight excluding hydrogens is 267 g/mol. The van der Waals surface area contributed by atoms with Crippen LogP contribution >= 0.6 is 11.8 Å². The van der Waals surface area contributed by atoms with Gasteiger partial charge in [-0.05, 0) is 25.1 Å². The number of hydrogen-bond acceptors (Lipinski definition) is 4. The monoisotopic (exact) mass is 279 g/mol. The minimum Gasteiger partial charge on any atom is -0.465 e. The van der Waals surface area contributed by atoms with Crippen LogP contribution in [0.4, 0.5) is 18.9 Å². The van der Waals surface area contributed by atoms with Crippen LogP contribution in [0.5, 0.6) is 0 Å². The van der Waals surface area contributed by atoms with E-state index in [2.05, 4.69) is 4.74 Å². The Bertz CT molecular complexity index is 435. The van der Waals surface area contributed by atoms with Gasteiger partial charge in [-0.15, -0.1) is 11.8 Å². The van der Waals surface area contributed by atoms with Gasteiger partial charge < -0.3 is 10.5 Å². The van der Waals surface area contributed by atoms with Crippen molar-refractivity contribution in [1.82, 2.24) is 0 Å². The molecule has 0 unspecified atom stereocenters. The zero-order valence-electron chi connectivity index (χ0n) is 9.58. The molecule has 3 nitrogen and oxygen atoms in total. The van der Waals surface area contributed by atoms with E-state index in [-0.39, 0.29) is 22.9 Å². The van der Waals surface area contributed by atoms with E-state index >= 15 is 0 Å². The maximum Gasteiger partial charge on any atom is 0.417 e. The second-order valence-corrected chi connectivity index (χ2v) is 4.36. The average molecular weight is 279 g/mol. The van der Waals surface area contributed by atoms with Gasteiger partial charge in [0.25, 0.3) is 0 Å². The highest BCUT2D eigenvalue weighted by Gasteiger charge is 2.33. The molecule has 0 aliphatic rings. The summed E-state index contributed by atoms with van der Waals surface area (Å²) in [6, 6.07) is 3.47. The molecule has 1 aromatic carbocycles. The second-order valence-electron chi connectivity index (χ2n) is 3.35. The van der Waals surface area contributed by atoms with Gasteiger partial charge >= 0.3 is 12.1 Å². The first-order valence-corrected chi connectivity index (χ1v) is 6.08. The Morgan fingerprint density at radius 2 is 2.11 bits per heavy atom. The van der Waals surface area contributed by atoms with E-state index in [4.69, 9.17) is 5.73 Å². The summed E-state index contributed by atoms with van der Waals surface area (Å²) >= 11 is 0.781. The van der Waals surface area contributed by atoms with Crippen LogP contribution in [0.3, 0.4) is 0 Å². The normalized spacial score (nSPS) is 11.3. The molecule has 0 heterocycles. The van der Waals surface area contributed by atoms with Crippen LogP contribution in [0.1, 0.15) is 12.5 Å². The molecule has 100 valence electrons. The van der Waals surface area contributed by atoms with Crippen LogP contribution in [0, 0.1) is 0 Å². The van der Waals surface area contributed by atoms with Crippen LogP contribution in [-0.4, -0.2) is 18.3 Å². The number of esters is 1.